The second-order valence-corrected chi connectivity index (χ2v) is 7.69. The molecule has 2 fully saturated rings. The van der Waals surface area contributed by atoms with Gasteiger partial charge in [0.1, 0.15) is 5.82 Å². The van der Waals surface area contributed by atoms with Crippen molar-refractivity contribution >= 4 is 5.91 Å². The molecule has 138 valence electrons. The summed E-state index contributed by atoms with van der Waals surface area (Å²) in [5.74, 6) is -0.248. The zero-order valence-corrected chi connectivity index (χ0v) is 14.9. The van der Waals surface area contributed by atoms with Crippen LogP contribution in [0.4, 0.5) is 4.39 Å². The van der Waals surface area contributed by atoms with Crippen LogP contribution in [0.2, 0.25) is 0 Å². The number of nitrogens with two attached hydrogens (primary N) is 1. The van der Waals surface area contributed by atoms with Gasteiger partial charge in [-0.05, 0) is 55.3 Å². The molecule has 1 aliphatic heterocycles. The molecular formula is C20H29FN2O2. The van der Waals surface area contributed by atoms with Gasteiger partial charge in [0.15, 0.2) is 0 Å². The summed E-state index contributed by atoms with van der Waals surface area (Å²) in [4.78, 5) is 12.9. The number of ether oxygens (including phenoxy) is 1. The van der Waals surface area contributed by atoms with Crippen molar-refractivity contribution in [3.05, 3.63) is 35.6 Å². The van der Waals surface area contributed by atoms with Crippen molar-refractivity contribution in [2.75, 3.05) is 19.8 Å². The maximum absolute atomic E-state index is 13.8. The van der Waals surface area contributed by atoms with Crippen LogP contribution in [-0.4, -0.2) is 25.7 Å². The Hall–Kier alpha value is -1.46. The van der Waals surface area contributed by atoms with Crippen molar-refractivity contribution < 1.29 is 13.9 Å². The molecule has 1 amide bonds. The summed E-state index contributed by atoms with van der Waals surface area (Å²) in [6, 6.07) is 6.57. The van der Waals surface area contributed by atoms with Crippen molar-refractivity contribution in [1.82, 2.24) is 5.32 Å². The van der Waals surface area contributed by atoms with E-state index in [1.165, 1.54) is 18.6 Å². The van der Waals surface area contributed by atoms with Gasteiger partial charge in [0, 0.05) is 19.6 Å². The molecule has 0 bridgehead atoms. The van der Waals surface area contributed by atoms with Crippen LogP contribution in [0.15, 0.2) is 24.3 Å². The Morgan fingerprint density at radius 2 is 1.88 bits per heavy atom. The molecular weight excluding hydrogens is 319 g/mol. The monoisotopic (exact) mass is 348 g/mol. The first-order valence-electron chi connectivity index (χ1n) is 9.42. The first-order chi connectivity index (χ1) is 12.1. The van der Waals surface area contributed by atoms with Crippen molar-refractivity contribution in [1.29, 1.82) is 0 Å². The summed E-state index contributed by atoms with van der Waals surface area (Å²) >= 11 is 0. The fraction of sp³-hybridized carbons (Fsp3) is 0.650. The van der Waals surface area contributed by atoms with Gasteiger partial charge in [0.25, 0.3) is 0 Å². The number of benzene rings is 1. The Labute approximate surface area is 149 Å². The predicted octanol–water partition coefficient (Wildman–Crippen LogP) is 3.25. The zero-order valence-electron chi connectivity index (χ0n) is 14.9. The summed E-state index contributed by atoms with van der Waals surface area (Å²) in [7, 11) is 0. The fourth-order valence-corrected chi connectivity index (χ4v) is 4.40. The fourth-order valence-electron chi connectivity index (χ4n) is 4.40. The topological polar surface area (TPSA) is 64.4 Å². The number of carbonyl (C=O) groups is 1. The lowest BCUT2D eigenvalue weighted by molar-refractivity contribution is -0.127. The quantitative estimate of drug-likeness (QED) is 0.858. The smallest absolute Gasteiger partial charge is 0.221 e. The molecule has 3 rings (SSSR count). The molecule has 0 unspecified atom stereocenters. The van der Waals surface area contributed by atoms with Crippen LogP contribution >= 0.6 is 0 Å². The SMILES string of the molecule is NCC1(CC(=O)NC2(c3cccc(F)c3)CCOCC2)CCCCC1. The molecule has 0 atom stereocenters. The number of carbonyl (C=O) groups excluding carboxylic acids is 1. The van der Waals surface area contributed by atoms with Gasteiger partial charge in [-0.25, -0.2) is 4.39 Å². The summed E-state index contributed by atoms with van der Waals surface area (Å²) in [6.45, 7) is 1.69. The van der Waals surface area contributed by atoms with E-state index in [-0.39, 0.29) is 17.1 Å². The van der Waals surface area contributed by atoms with Crippen LogP contribution < -0.4 is 11.1 Å². The van der Waals surface area contributed by atoms with Crippen LogP contribution in [0.25, 0.3) is 0 Å². The van der Waals surface area contributed by atoms with Gasteiger partial charge in [-0.1, -0.05) is 31.4 Å². The van der Waals surface area contributed by atoms with Crippen molar-refractivity contribution in [2.24, 2.45) is 11.1 Å². The molecule has 1 saturated carbocycles. The van der Waals surface area contributed by atoms with Crippen LogP contribution in [0.1, 0.15) is 56.9 Å². The Bertz CT molecular complexity index is 593. The number of hydrogen-bond acceptors (Lipinski definition) is 3. The molecule has 5 heteroatoms. The molecule has 1 aliphatic carbocycles. The summed E-state index contributed by atoms with van der Waals surface area (Å²) in [5.41, 5.74) is 6.25. The van der Waals surface area contributed by atoms with Crippen molar-refractivity contribution in [3.8, 4) is 0 Å². The van der Waals surface area contributed by atoms with Gasteiger partial charge < -0.3 is 15.8 Å². The van der Waals surface area contributed by atoms with Crippen LogP contribution in [-0.2, 0) is 15.1 Å². The third kappa shape index (κ3) is 4.21. The minimum absolute atomic E-state index is 0.0264. The van der Waals surface area contributed by atoms with Crippen LogP contribution in [0.3, 0.4) is 0 Å². The molecule has 4 nitrogen and oxygen atoms in total. The van der Waals surface area contributed by atoms with Gasteiger partial charge in [0.05, 0.1) is 5.54 Å². The van der Waals surface area contributed by atoms with Gasteiger partial charge in [-0.15, -0.1) is 0 Å². The van der Waals surface area contributed by atoms with E-state index < -0.39 is 5.54 Å². The number of rotatable bonds is 5. The van der Waals surface area contributed by atoms with Crippen molar-refractivity contribution in [2.45, 2.75) is 56.9 Å². The minimum atomic E-state index is -0.540. The molecule has 1 aromatic carbocycles. The first-order valence-corrected chi connectivity index (χ1v) is 9.42. The van der Waals surface area contributed by atoms with Gasteiger partial charge in [-0.3, -0.25) is 4.79 Å². The Morgan fingerprint density at radius 3 is 2.52 bits per heavy atom. The van der Waals surface area contributed by atoms with Gasteiger partial charge in [0.2, 0.25) is 5.91 Å². The summed E-state index contributed by atoms with van der Waals surface area (Å²) in [5, 5.41) is 3.24. The van der Waals surface area contributed by atoms with E-state index >= 15 is 0 Å². The second kappa shape index (κ2) is 7.83. The third-order valence-corrected chi connectivity index (χ3v) is 5.99. The largest absolute Gasteiger partial charge is 0.381 e. The third-order valence-electron chi connectivity index (χ3n) is 5.99. The van der Waals surface area contributed by atoms with E-state index in [9.17, 15) is 9.18 Å². The van der Waals surface area contributed by atoms with E-state index in [0.29, 0.717) is 39.0 Å². The summed E-state index contributed by atoms with van der Waals surface area (Å²) in [6.07, 6.45) is 7.35. The predicted molar refractivity (Wildman–Crippen MR) is 95.5 cm³/mol. The molecule has 25 heavy (non-hydrogen) atoms. The highest BCUT2D eigenvalue weighted by Gasteiger charge is 2.39. The molecule has 2 aliphatic rings. The van der Waals surface area contributed by atoms with Crippen LogP contribution in [0.5, 0.6) is 0 Å². The molecule has 0 aromatic heterocycles. The lowest BCUT2D eigenvalue weighted by Crippen LogP contribution is -2.51. The van der Waals surface area contributed by atoms with E-state index in [0.717, 1.165) is 31.2 Å². The summed E-state index contributed by atoms with van der Waals surface area (Å²) < 4.78 is 19.2. The highest BCUT2D eigenvalue weighted by Crippen LogP contribution is 2.39. The normalized spacial score (nSPS) is 22.3. The van der Waals surface area contributed by atoms with Gasteiger partial charge in [-0.2, -0.15) is 0 Å². The molecule has 0 spiro atoms. The number of halogens is 1. The molecule has 1 saturated heterocycles. The lowest BCUT2D eigenvalue weighted by Gasteiger charge is -2.41. The van der Waals surface area contributed by atoms with Crippen molar-refractivity contribution in [3.63, 3.8) is 0 Å². The Kier molecular flexibility index (Phi) is 5.74. The maximum Gasteiger partial charge on any atom is 0.221 e. The standard InChI is InChI=1S/C20H29FN2O2/c21-17-6-4-5-16(13-17)20(9-11-25-12-10-20)23-18(24)14-19(15-22)7-2-1-3-8-19/h4-6,13H,1-3,7-12,14-15,22H2,(H,23,24). The number of hydrogen-bond donors (Lipinski definition) is 2. The highest BCUT2D eigenvalue weighted by atomic mass is 19.1. The van der Waals surface area contributed by atoms with E-state index in [1.54, 1.807) is 6.07 Å². The first kappa shape index (κ1) is 18.3. The lowest BCUT2D eigenvalue weighted by atomic mass is 9.71. The zero-order chi connectivity index (χ0) is 17.8. The highest BCUT2D eigenvalue weighted by molar-refractivity contribution is 5.78. The Morgan fingerprint density at radius 1 is 1.16 bits per heavy atom. The number of amides is 1. The molecule has 1 heterocycles. The van der Waals surface area contributed by atoms with Gasteiger partial charge >= 0.3 is 0 Å². The van der Waals surface area contributed by atoms with E-state index in [4.69, 9.17) is 10.5 Å². The average molecular weight is 348 g/mol. The molecule has 3 N–H and O–H groups in total. The Balaban J connectivity index is 1.77. The van der Waals surface area contributed by atoms with E-state index in [2.05, 4.69) is 5.32 Å². The molecule has 1 aromatic rings. The van der Waals surface area contributed by atoms with E-state index in [1.807, 2.05) is 6.07 Å². The maximum atomic E-state index is 13.8. The second-order valence-electron chi connectivity index (χ2n) is 7.69. The number of nitrogens with one attached hydrogen (secondary N) is 1. The van der Waals surface area contributed by atoms with Crippen LogP contribution in [0, 0.1) is 11.2 Å². The minimum Gasteiger partial charge on any atom is -0.381 e. The molecule has 0 radical (unpaired) electrons. The average Bonchev–Trinajstić information content (AvgIpc) is 2.63.